The summed E-state index contributed by atoms with van der Waals surface area (Å²) in [6, 6.07) is 14.1. The number of rotatable bonds is 4. The molecule has 0 spiro atoms. The maximum atomic E-state index is 12.8. The average molecular weight is 322 g/mol. The molecule has 4 rings (SSSR count). The van der Waals surface area contributed by atoms with Gasteiger partial charge in [0.15, 0.2) is 0 Å². The van der Waals surface area contributed by atoms with Crippen molar-refractivity contribution in [1.29, 1.82) is 0 Å². The molecule has 2 heterocycles. The highest BCUT2D eigenvalue weighted by atomic mass is 16.5. The van der Waals surface area contributed by atoms with Crippen LogP contribution in [0.4, 0.5) is 0 Å². The van der Waals surface area contributed by atoms with Gasteiger partial charge in [-0.15, -0.1) is 0 Å². The summed E-state index contributed by atoms with van der Waals surface area (Å²) in [5.74, 6) is 0.781. The number of ether oxygens (including phenoxy) is 1. The monoisotopic (exact) mass is 322 g/mol. The van der Waals surface area contributed by atoms with Crippen molar-refractivity contribution in [3.8, 4) is 0 Å². The lowest BCUT2D eigenvalue weighted by Crippen LogP contribution is -2.48. The molecule has 2 aliphatic rings. The number of hydrogen-bond donors (Lipinski definition) is 0. The van der Waals surface area contributed by atoms with Gasteiger partial charge in [0.05, 0.1) is 19.1 Å². The Balaban J connectivity index is 1.50. The SMILES string of the molecule is O=C(Cc1cccnc1)N1C[C@@H](c2ccccc2)O[C@@H](C2CC2)C1. The van der Waals surface area contributed by atoms with E-state index in [9.17, 15) is 4.79 Å². The summed E-state index contributed by atoms with van der Waals surface area (Å²) in [5, 5.41) is 0. The zero-order valence-electron chi connectivity index (χ0n) is 13.7. The Bertz CT molecular complexity index is 685. The molecule has 1 aromatic heterocycles. The van der Waals surface area contributed by atoms with Crippen LogP contribution in [0.25, 0.3) is 0 Å². The van der Waals surface area contributed by atoms with Gasteiger partial charge in [-0.05, 0) is 36.0 Å². The molecule has 24 heavy (non-hydrogen) atoms. The second-order valence-corrected chi connectivity index (χ2v) is 6.75. The van der Waals surface area contributed by atoms with Crippen LogP contribution in [0.5, 0.6) is 0 Å². The van der Waals surface area contributed by atoms with Crippen molar-refractivity contribution in [3.63, 3.8) is 0 Å². The maximum absolute atomic E-state index is 12.8. The molecule has 4 heteroatoms. The van der Waals surface area contributed by atoms with E-state index in [4.69, 9.17) is 4.74 Å². The fourth-order valence-electron chi connectivity index (χ4n) is 3.36. The third-order valence-electron chi connectivity index (χ3n) is 4.88. The number of carbonyl (C=O) groups excluding carboxylic acids is 1. The Kier molecular flexibility index (Phi) is 4.30. The molecule has 1 saturated carbocycles. The summed E-state index contributed by atoms with van der Waals surface area (Å²) in [7, 11) is 0. The first kappa shape index (κ1) is 15.3. The van der Waals surface area contributed by atoms with Gasteiger partial charge < -0.3 is 9.64 Å². The van der Waals surface area contributed by atoms with Gasteiger partial charge in [-0.3, -0.25) is 9.78 Å². The van der Waals surface area contributed by atoms with Crippen LogP contribution in [0.2, 0.25) is 0 Å². The number of morpholine rings is 1. The average Bonchev–Trinajstić information content (AvgIpc) is 3.48. The van der Waals surface area contributed by atoms with Crippen LogP contribution >= 0.6 is 0 Å². The molecule has 1 aliphatic heterocycles. The number of hydrogen-bond acceptors (Lipinski definition) is 3. The molecule has 2 atom stereocenters. The first-order chi connectivity index (χ1) is 11.8. The van der Waals surface area contributed by atoms with Gasteiger partial charge in [-0.25, -0.2) is 0 Å². The summed E-state index contributed by atoms with van der Waals surface area (Å²) < 4.78 is 6.32. The van der Waals surface area contributed by atoms with E-state index >= 15 is 0 Å². The minimum atomic E-state index is -0.0246. The van der Waals surface area contributed by atoms with Crippen LogP contribution in [-0.2, 0) is 16.0 Å². The van der Waals surface area contributed by atoms with Crippen LogP contribution < -0.4 is 0 Å². The van der Waals surface area contributed by atoms with Gasteiger partial charge in [0.2, 0.25) is 5.91 Å². The molecular weight excluding hydrogens is 300 g/mol. The summed E-state index contributed by atoms with van der Waals surface area (Å²) in [6.45, 7) is 1.35. The van der Waals surface area contributed by atoms with Gasteiger partial charge in [-0.1, -0.05) is 36.4 Å². The zero-order valence-corrected chi connectivity index (χ0v) is 13.7. The third-order valence-corrected chi connectivity index (χ3v) is 4.88. The molecule has 2 aromatic rings. The normalized spacial score (nSPS) is 23.9. The van der Waals surface area contributed by atoms with Crippen molar-refractivity contribution in [2.24, 2.45) is 5.92 Å². The van der Waals surface area contributed by atoms with Crippen molar-refractivity contribution in [3.05, 3.63) is 66.0 Å². The second-order valence-electron chi connectivity index (χ2n) is 6.75. The lowest BCUT2D eigenvalue weighted by molar-refractivity contribution is -0.147. The molecule has 2 fully saturated rings. The van der Waals surface area contributed by atoms with Gasteiger partial charge >= 0.3 is 0 Å². The largest absolute Gasteiger partial charge is 0.366 e. The molecular formula is C20H22N2O2. The lowest BCUT2D eigenvalue weighted by atomic mass is 10.0. The van der Waals surface area contributed by atoms with Crippen molar-refractivity contribution in [2.75, 3.05) is 13.1 Å². The molecule has 0 radical (unpaired) electrons. The molecule has 4 nitrogen and oxygen atoms in total. The molecule has 0 bridgehead atoms. The number of pyridine rings is 1. The molecule has 0 unspecified atom stereocenters. The highest BCUT2D eigenvalue weighted by molar-refractivity contribution is 5.78. The van der Waals surface area contributed by atoms with Crippen LogP contribution in [0, 0.1) is 5.92 Å². The van der Waals surface area contributed by atoms with E-state index in [1.165, 1.54) is 12.8 Å². The maximum Gasteiger partial charge on any atom is 0.227 e. The van der Waals surface area contributed by atoms with E-state index in [0.29, 0.717) is 25.4 Å². The number of carbonyl (C=O) groups is 1. The van der Waals surface area contributed by atoms with Crippen LogP contribution in [0.3, 0.4) is 0 Å². The third kappa shape index (κ3) is 3.49. The molecule has 1 amide bonds. The predicted molar refractivity (Wildman–Crippen MR) is 91.3 cm³/mol. The number of aromatic nitrogens is 1. The van der Waals surface area contributed by atoms with Crippen molar-refractivity contribution in [2.45, 2.75) is 31.5 Å². The number of amides is 1. The zero-order chi connectivity index (χ0) is 16.4. The first-order valence-corrected chi connectivity index (χ1v) is 8.66. The van der Waals surface area contributed by atoms with Crippen molar-refractivity contribution in [1.82, 2.24) is 9.88 Å². The molecule has 124 valence electrons. The van der Waals surface area contributed by atoms with E-state index in [2.05, 4.69) is 17.1 Å². The highest BCUT2D eigenvalue weighted by Crippen LogP contribution is 2.39. The number of nitrogens with zero attached hydrogens (tertiary/aromatic N) is 2. The molecule has 1 aliphatic carbocycles. The Hall–Kier alpha value is -2.20. The Morgan fingerprint density at radius 1 is 1.12 bits per heavy atom. The van der Waals surface area contributed by atoms with Gasteiger partial charge in [-0.2, -0.15) is 0 Å². The molecule has 1 saturated heterocycles. The van der Waals surface area contributed by atoms with Crippen molar-refractivity contribution >= 4 is 5.91 Å². The predicted octanol–water partition coefficient (Wildman–Crippen LogP) is 3.00. The topological polar surface area (TPSA) is 42.4 Å². The van der Waals surface area contributed by atoms with Gasteiger partial charge in [0.25, 0.3) is 0 Å². The summed E-state index contributed by atoms with van der Waals surface area (Å²) in [6.07, 6.45) is 6.49. The smallest absolute Gasteiger partial charge is 0.227 e. The van der Waals surface area contributed by atoms with E-state index in [1.807, 2.05) is 35.2 Å². The summed E-state index contributed by atoms with van der Waals surface area (Å²) >= 11 is 0. The Morgan fingerprint density at radius 3 is 2.67 bits per heavy atom. The minimum absolute atomic E-state index is 0.0246. The van der Waals surface area contributed by atoms with Gasteiger partial charge in [0.1, 0.15) is 6.10 Å². The standard InChI is InChI=1S/C20H22N2O2/c23-20(11-15-5-4-10-21-12-15)22-13-18(16-6-2-1-3-7-16)24-19(14-22)17-8-9-17/h1-7,10,12,17-19H,8-9,11,13-14H2/t18-,19+/m0/s1. The second kappa shape index (κ2) is 6.73. The fraction of sp³-hybridized carbons (Fsp3) is 0.400. The minimum Gasteiger partial charge on any atom is -0.366 e. The molecule has 1 aromatic carbocycles. The number of benzene rings is 1. The summed E-state index contributed by atoms with van der Waals surface area (Å²) in [4.78, 5) is 18.9. The van der Waals surface area contributed by atoms with E-state index in [0.717, 1.165) is 11.1 Å². The fourth-order valence-corrected chi connectivity index (χ4v) is 3.36. The molecule has 0 N–H and O–H groups in total. The quantitative estimate of drug-likeness (QED) is 0.869. The van der Waals surface area contributed by atoms with Gasteiger partial charge in [0, 0.05) is 18.9 Å². The van der Waals surface area contributed by atoms with E-state index in [1.54, 1.807) is 12.4 Å². The highest BCUT2D eigenvalue weighted by Gasteiger charge is 2.39. The Labute approximate surface area is 142 Å². The van der Waals surface area contributed by atoms with Crippen LogP contribution in [-0.4, -0.2) is 35.0 Å². The Morgan fingerprint density at radius 2 is 1.96 bits per heavy atom. The summed E-state index contributed by atoms with van der Waals surface area (Å²) in [5.41, 5.74) is 2.12. The van der Waals surface area contributed by atoms with E-state index < -0.39 is 0 Å². The van der Waals surface area contributed by atoms with E-state index in [-0.39, 0.29) is 18.1 Å². The van der Waals surface area contributed by atoms with Crippen LogP contribution in [0.1, 0.15) is 30.1 Å². The van der Waals surface area contributed by atoms with Crippen molar-refractivity contribution < 1.29 is 9.53 Å². The first-order valence-electron chi connectivity index (χ1n) is 8.66. The van der Waals surface area contributed by atoms with Crippen LogP contribution in [0.15, 0.2) is 54.9 Å². The lowest BCUT2D eigenvalue weighted by Gasteiger charge is -2.38.